The van der Waals surface area contributed by atoms with Gasteiger partial charge in [-0.2, -0.15) is 0 Å². The van der Waals surface area contributed by atoms with Crippen molar-refractivity contribution in [1.82, 2.24) is 25.2 Å². The van der Waals surface area contributed by atoms with Crippen LogP contribution in [0.15, 0.2) is 30.5 Å². The van der Waals surface area contributed by atoms with Crippen LogP contribution in [0.4, 0.5) is 0 Å². The maximum absolute atomic E-state index is 12.6. The Morgan fingerprint density at radius 2 is 2.11 bits per heavy atom. The number of likely N-dealkylation sites (tertiary alicyclic amines) is 1. The Morgan fingerprint density at radius 1 is 1.30 bits per heavy atom. The molecule has 1 N–H and O–H groups in total. The van der Waals surface area contributed by atoms with Gasteiger partial charge >= 0.3 is 0 Å². The van der Waals surface area contributed by atoms with Crippen LogP contribution in [0.3, 0.4) is 0 Å². The van der Waals surface area contributed by atoms with Crippen molar-refractivity contribution in [3.8, 4) is 0 Å². The lowest BCUT2D eigenvalue weighted by molar-refractivity contribution is -0.137. The average molecular weight is 369 g/mol. The van der Waals surface area contributed by atoms with Crippen LogP contribution in [-0.4, -0.2) is 57.4 Å². The molecule has 27 heavy (non-hydrogen) atoms. The number of carbonyl (C=O) groups excluding carboxylic acids is 2. The van der Waals surface area contributed by atoms with E-state index in [1.54, 1.807) is 18.3 Å². The number of ether oxygens (including phenoxy) is 1. The first-order chi connectivity index (χ1) is 13.1. The maximum Gasteiger partial charge on any atom is 0.251 e. The summed E-state index contributed by atoms with van der Waals surface area (Å²) in [5, 5.41) is 10.9. The summed E-state index contributed by atoms with van der Waals surface area (Å²) in [6, 6.07) is 7.38. The van der Waals surface area contributed by atoms with Gasteiger partial charge in [0.1, 0.15) is 0 Å². The topological polar surface area (TPSA) is 89.3 Å². The lowest BCUT2D eigenvalue weighted by Gasteiger charge is -2.41. The largest absolute Gasteiger partial charge is 0.370 e. The third-order valence-corrected chi connectivity index (χ3v) is 5.22. The molecule has 1 aromatic heterocycles. The predicted molar refractivity (Wildman–Crippen MR) is 97.0 cm³/mol. The summed E-state index contributed by atoms with van der Waals surface area (Å²) < 4.78 is 7.75. The van der Waals surface area contributed by atoms with Gasteiger partial charge in [0.15, 0.2) is 0 Å². The minimum Gasteiger partial charge on any atom is -0.370 e. The van der Waals surface area contributed by atoms with Crippen LogP contribution in [0, 0.1) is 6.92 Å². The monoisotopic (exact) mass is 369 g/mol. The zero-order valence-electron chi connectivity index (χ0n) is 15.3. The zero-order chi connectivity index (χ0) is 18.8. The van der Waals surface area contributed by atoms with Crippen molar-refractivity contribution >= 4 is 11.8 Å². The maximum atomic E-state index is 12.6. The van der Waals surface area contributed by atoms with Crippen molar-refractivity contribution in [2.75, 3.05) is 19.6 Å². The fourth-order valence-corrected chi connectivity index (χ4v) is 3.65. The number of amides is 2. The molecule has 2 aliphatic heterocycles. The van der Waals surface area contributed by atoms with E-state index in [1.807, 2.05) is 28.6 Å². The van der Waals surface area contributed by atoms with Gasteiger partial charge in [-0.3, -0.25) is 9.59 Å². The summed E-state index contributed by atoms with van der Waals surface area (Å²) in [7, 11) is 0. The summed E-state index contributed by atoms with van der Waals surface area (Å²) in [4.78, 5) is 26.5. The molecule has 3 heterocycles. The number of nitrogens with zero attached hydrogens (tertiary/aromatic N) is 4. The number of piperidine rings is 1. The first kappa shape index (κ1) is 17.7. The Balaban J connectivity index is 1.29. The van der Waals surface area contributed by atoms with Gasteiger partial charge in [-0.15, -0.1) is 5.10 Å². The van der Waals surface area contributed by atoms with E-state index in [1.165, 1.54) is 0 Å². The molecular formula is C19H23N5O3. The van der Waals surface area contributed by atoms with E-state index in [4.69, 9.17) is 4.74 Å². The molecule has 1 aromatic carbocycles. The second kappa shape index (κ2) is 7.48. The molecule has 0 bridgehead atoms. The molecule has 1 fully saturated rings. The molecule has 4 rings (SSSR count). The van der Waals surface area contributed by atoms with E-state index < -0.39 is 0 Å². The number of rotatable bonds is 4. The summed E-state index contributed by atoms with van der Waals surface area (Å²) in [6.45, 7) is 4.04. The number of carbonyl (C=O) groups is 2. The van der Waals surface area contributed by atoms with Crippen molar-refractivity contribution < 1.29 is 14.3 Å². The highest BCUT2D eigenvalue weighted by molar-refractivity contribution is 5.94. The van der Waals surface area contributed by atoms with Crippen molar-refractivity contribution in [2.24, 2.45) is 0 Å². The first-order valence-electron chi connectivity index (χ1n) is 9.25. The van der Waals surface area contributed by atoms with Crippen molar-refractivity contribution in [1.29, 1.82) is 0 Å². The van der Waals surface area contributed by atoms with Crippen molar-refractivity contribution in [3.63, 3.8) is 0 Å². The SMILES string of the molecule is Cc1ccc(C(=O)NCCC(=O)N2CC[C@H]3OCc4cnnn4[C@@H]3C2)cc1. The molecule has 142 valence electrons. The first-order valence-corrected chi connectivity index (χ1v) is 9.25. The van der Waals surface area contributed by atoms with Gasteiger partial charge in [0.25, 0.3) is 5.91 Å². The van der Waals surface area contributed by atoms with Crippen molar-refractivity contribution in [2.45, 2.75) is 38.5 Å². The van der Waals surface area contributed by atoms with Crippen LogP contribution >= 0.6 is 0 Å². The van der Waals surface area contributed by atoms with E-state index in [-0.39, 0.29) is 30.4 Å². The Labute approximate surface area is 157 Å². The minimum atomic E-state index is -0.158. The van der Waals surface area contributed by atoms with Gasteiger partial charge in [-0.25, -0.2) is 4.68 Å². The number of hydrogen-bond donors (Lipinski definition) is 1. The molecule has 1 saturated heterocycles. The van der Waals surface area contributed by atoms with Crippen LogP contribution in [0.25, 0.3) is 0 Å². The Bertz CT molecular complexity index is 832. The molecule has 0 spiro atoms. The van der Waals surface area contributed by atoms with E-state index in [0.29, 0.717) is 31.8 Å². The average Bonchev–Trinajstić information content (AvgIpc) is 3.17. The van der Waals surface area contributed by atoms with Gasteiger partial charge in [0, 0.05) is 31.6 Å². The number of aromatic nitrogens is 3. The predicted octanol–water partition coefficient (Wildman–Crippen LogP) is 1.08. The van der Waals surface area contributed by atoms with Gasteiger partial charge in [-0.1, -0.05) is 22.9 Å². The third kappa shape index (κ3) is 3.71. The van der Waals surface area contributed by atoms with E-state index >= 15 is 0 Å². The molecule has 2 aromatic rings. The molecule has 0 radical (unpaired) electrons. The number of aryl methyl sites for hydroxylation is 1. The summed E-state index contributed by atoms with van der Waals surface area (Å²) in [6.07, 6.45) is 2.84. The molecule has 0 aliphatic carbocycles. The summed E-state index contributed by atoms with van der Waals surface area (Å²) >= 11 is 0. The van der Waals surface area contributed by atoms with Crippen LogP contribution in [0.5, 0.6) is 0 Å². The molecule has 2 atom stereocenters. The fourth-order valence-electron chi connectivity index (χ4n) is 3.65. The highest BCUT2D eigenvalue weighted by Gasteiger charge is 2.37. The Morgan fingerprint density at radius 3 is 2.93 bits per heavy atom. The lowest BCUT2D eigenvalue weighted by atomic mass is 10.00. The van der Waals surface area contributed by atoms with Gasteiger partial charge in [-0.05, 0) is 25.5 Å². The van der Waals surface area contributed by atoms with E-state index in [9.17, 15) is 9.59 Å². The molecule has 0 saturated carbocycles. The second-order valence-electron chi connectivity index (χ2n) is 7.09. The second-order valence-corrected chi connectivity index (χ2v) is 7.09. The summed E-state index contributed by atoms with van der Waals surface area (Å²) in [5.74, 6) is -0.126. The van der Waals surface area contributed by atoms with Gasteiger partial charge < -0.3 is 15.0 Å². The molecule has 8 heteroatoms. The van der Waals surface area contributed by atoms with Crippen LogP contribution in [-0.2, 0) is 16.1 Å². The molecule has 0 unspecified atom stereocenters. The molecule has 2 amide bonds. The van der Waals surface area contributed by atoms with Gasteiger partial charge in [0.2, 0.25) is 5.91 Å². The number of nitrogens with one attached hydrogen (secondary N) is 1. The third-order valence-electron chi connectivity index (χ3n) is 5.22. The minimum absolute atomic E-state index is 0.0103. The Kier molecular flexibility index (Phi) is 4.89. The van der Waals surface area contributed by atoms with Crippen LogP contribution in [0.2, 0.25) is 0 Å². The molecular weight excluding hydrogens is 346 g/mol. The number of fused-ring (bicyclic) bond motifs is 3. The van der Waals surface area contributed by atoms with Gasteiger partial charge in [0.05, 0.1) is 30.6 Å². The molecule has 8 nitrogen and oxygen atoms in total. The molecule has 2 aliphatic rings. The summed E-state index contributed by atoms with van der Waals surface area (Å²) in [5.41, 5.74) is 2.65. The zero-order valence-corrected chi connectivity index (χ0v) is 15.3. The van der Waals surface area contributed by atoms with Crippen LogP contribution < -0.4 is 5.32 Å². The standard InChI is InChI=1S/C19H23N5O3/c1-13-2-4-14(5-3-13)19(26)20-8-6-18(25)23-9-7-17-16(11-23)24-15(12-27-17)10-21-22-24/h2-5,10,16-17H,6-9,11-12H2,1H3,(H,20,26)/t16-,17-/m1/s1. The van der Waals surface area contributed by atoms with E-state index in [0.717, 1.165) is 17.7 Å². The number of hydrogen-bond acceptors (Lipinski definition) is 5. The number of benzene rings is 1. The van der Waals surface area contributed by atoms with Crippen LogP contribution in [0.1, 0.15) is 40.5 Å². The van der Waals surface area contributed by atoms with E-state index in [2.05, 4.69) is 15.6 Å². The van der Waals surface area contributed by atoms with Crippen molar-refractivity contribution in [3.05, 3.63) is 47.3 Å². The lowest BCUT2D eigenvalue weighted by Crippen LogP contribution is -2.50. The quantitative estimate of drug-likeness (QED) is 0.871. The highest BCUT2D eigenvalue weighted by Crippen LogP contribution is 2.30. The normalized spacial score (nSPS) is 21.3. The Hall–Kier alpha value is -2.74. The smallest absolute Gasteiger partial charge is 0.251 e. The fraction of sp³-hybridized carbons (Fsp3) is 0.474. The highest BCUT2D eigenvalue weighted by atomic mass is 16.5.